The third-order valence-electron chi connectivity index (χ3n) is 4.43. The number of benzene rings is 2. The fraction of sp³-hybridized carbons (Fsp3) is 0.375. The van der Waals surface area contributed by atoms with Gasteiger partial charge < -0.3 is 19.5 Å². The molecule has 0 atom stereocenters. The maximum atomic E-state index is 12.1. The van der Waals surface area contributed by atoms with Gasteiger partial charge in [-0.15, -0.1) is 0 Å². The summed E-state index contributed by atoms with van der Waals surface area (Å²) in [4.78, 5) is 24.1. The summed E-state index contributed by atoms with van der Waals surface area (Å²) in [7, 11) is 1.57. The number of amides is 2. The van der Waals surface area contributed by atoms with Crippen LogP contribution in [-0.4, -0.2) is 38.4 Å². The van der Waals surface area contributed by atoms with Gasteiger partial charge in [0.15, 0.2) is 11.5 Å². The number of ether oxygens (including phenoxy) is 3. The van der Waals surface area contributed by atoms with E-state index in [-0.39, 0.29) is 24.7 Å². The molecule has 0 saturated heterocycles. The summed E-state index contributed by atoms with van der Waals surface area (Å²) in [5, 5.41) is 6.71. The van der Waals surface area contributed by atoms with E-state index in [1.807, 2.05) is 13.0 Å². The van der Waals surface area contributed by atoms with E-state index in [2.05, 4.69) is 38.7 Å². The lowest BCUT2D eigenvalue weighted by Crippen LogP contribution is -2.20. The average Bonchev–Trinajstić information content (AvgIpc) is 2.80. The van der Waals surface area contributed by atoms with Gasteiger partial charge >= 0.3 is 0 Å². The van der Waals surface area contributed by atoms with Crippen molar-refractivity contribution in [3.05, 3.63) is 46.4 Å². The molecule has 0 heterocycles. The second kappa shape index (κ2) is 14.2. The molecule has 2 aromatic rings. The summed E-state index contributed by atoms with van der Waals surface area (Å²) in [6.07, 6.45) is 3.53. The smallest absolute Gasteiger partial charge is 0.240 e. The molecule has 0 aliphatic carbocycles. The lowest BCUT2D eigenvalue weighted by molar-refractivity contribution is -0.124. The van der Waals surface area contributed by atoms with Crippen LogP contribution < -0.4 is 25.0 Å². The second-order valence-electron chi connectivity index (χ2n) is 7.03. The highest BCUT2D eigenvalue weighted by Gasteiger charge is 2.11. The molecular formula is C24H30BrN3O5. The van der Waals surface area contributed by atoms with Crippen LogP contribution in [0.15, 0.2) is 46.0 Å². The van der Waals surface area contributed by atoms with Crippen molar-refractivity contribution in [3.8, 4) is 17.2 Å². The van der Waals surface area contributed by atoms with Gasteiger partial charge in [-0.05, 0) is 71.2 Å². The van der Waals surface area contributed by atoms with Crippen LogP contribution in [-0.2, 0) is 9.59 Å². The van der Waals surface area contributed by atoms with E-state index in [0.29, 0.717) is 30.4 Å². The molecule has 178 valence electrons. The van der Waals surface area contributed by atoms with E-state index >= 15 is 0 Å². The van der Waals surface area contributed by atoms with Crippen LogP contribution in [0.4, 0.5) is 5.69 Å². The number of hydrogen-bond donors (Lipinski definition) is 2. The molecule has 33 heavy (non-hydrogen) atoms. The highest BCUT2D eigenvalue weighted by atomic mass is 79.9. The minimum Gasteiger partial charge on any atom is -0.494 e. The molecule has 2 aromatic carbocycles. The SMILES string of the molecule is CCCCOc1c(Br)cc(C=NNC(=O)CCC(=O)Nc2ccc(OCC)cc2)cc1OC. The van der Waals surface area contributed by atoms with Crippen LogP contribution in [0.5, 0.6) is 17.2 Å². The molecule has 0 aliphatic rings. The van der Waals surface area contributed by atoms with Gasteiger partial charge in [-0.2, -0.15) is 5.10 Å². The Labute approximate surface area is 202 Å². The Kier molecular flexibility index (Phi) is 11.2. The molecule has 0 radical (unpaired) electrons. The van der Waals surface area contributed by atoms with Gasteiger partial charge in [0.2, 0.25) is 11.8 Å². The number of unbranched alkanes of at least 4 members (excludes halogenated alkanes) is 1. The molecular weight excluding hydrogens is 490 g/mol. The third-order valence-corrected chi connectivity index (χ3v) is 5.02. The minimum atomic E-state index is -0.362. The predicted octanol–water partition coefficient (Wildman–Crippen LogP) is 4.90. The number of anilines is 1. The summed E-state index contributed by atoms with van der Waals surface area (Å²) < 4.78 is 17.3. The van der Waals surface area contributed by atoms with Gasteiger partial charge in [-0.1, -0.05) is 13.3 Å². The summed E-state index contributed by atoms with van der Waals surface area (Å²) in [5.74, 6) is 1.31. The molecule has 0 fully saturated rings. The Morgan fingerprint density at radius 1 is 1.06 bits per heavy atom. The summed E-state index contributed by atoms with van der Waals surface area (Å²) in [6, 6.07) is 10.6. The van der Waals surface area contributed by atoms with Crippen LogP contribution in [0.3, 0.4) is 0 Å². The first-order valence-electron chi connectivity index (χ1n) is 10.8. The Balaban J connectivity index is 1.81. The number of hydrazone groups is 1. The van der Waals surface area contributed by atoms with Gasteiger partial charge in [-0.25, -0.2) is 5.43 Å². The number of nitrogens with zero attached hydrogens (tertiary/aromatic N) is 1. The van der Waals surface area contributed by atoms with Crippen molar-refractivity contribution < 1.29 is 23.8 Å². The Morgan fingerprint density at radius 2 is 1.79 bits per heavy atom. The molecule has 0 spiro atoms. The summed E-state index contributed by atoms with van der Waals surface area (Å²) in [5.41, 5.74) is 3.79. The van der Waals surface area contributed by atoms with Crippen molar-refractivity contribution in [1.82, 2.24) is 5.43 Å². The van der Waals surface area contributed by atoms with Gasteiger partial charge in [0.25, 0.3) is 0 Å². The van der Waals surface area contributed by atoms with E-state index in [1.54, 1.807) is 37.4 Å². The van der Waals surface area contributed by atoms with Crippen LogP contribution in [0.25, 0.3) is 0 Å². The fourth-order valence-electron chi connectivity index (χ4n) is 2.76. The van der Waals surface area contributed by atoms with Crippen LogP contribution in [0.1, 0.15) is 45.1 Å². The zero-order valence-corrected chi connectivity index (χ0v) is 20.7. The first-order chi connectivity index (χ1) is 16.0. The third kappa shape index (κ3) is 9.13. The summed E-state index contributed by atoms with van der Waals surface area (Å²) >= 11 is 3.49. The molecule has 2 N–H and O–H groups in total. The Hall–Kier alpha value is -3.07. The maximum absolute atomic E-state index is 12.1. The van der Waals surface area contributed by atoms with Gasteiger partial charge in [0.1, 0.15) is 5.75 Å². The van der Waals surface area contributed by atoms with Crippen molar-refractivity contribution in [1.29, 1.82) is 0 Å². The van der Waals surface area contributed by atoms with Crippen molar-refractivity contribution in [2.75, 3.05) is 25.6 Å². The Morgan fingerprint density at radius 3 is 2.45 bits per heavy atom. The van der Waals surface area contributed by atoms with E-state index < -0.39 is 0 Å². The lowest BCUT2D eigenvalue weighted by Gasteiger charge is -2.13. The van der Waals surface area contributed by atoms with Crippen LogP contribution in [0, 0.1) is 0 Å². The topological polar surface area (TPSA) is 98.2 Å². The van der Waals surface area contributed by atoms with Gasteiger partial charge in [0, 0.05) is 18.5 Å². The number of carbonyl (C=O) groups is 2. The number of methoxy groups -OCH3 is 1. The second-order valence-corrected chi connectivity index (χ2v) is 7.89. The molecule has 9 heteroatoms. The van der Waals surface area contributed by atoms with Crippen molar-refractivity contribution in [2.45, 2.75) is 39.5 Å². The monoisotopic (exact) mass is 519 g/mol. The normalized spacial score (nSPS) is 10.7. The number of nitrogens with one attached hydrogen (secondary N) is 2. The predicted molar refractivity (Wildman–Crippen MR) is 132 cm³/mol. The van der Waals surface area contributed by atoms with Gasteiger partial charge in [-0.3, -0.25) is 9.59 Å². The van der Waals surface area contributed by atoms with E-state index in [1.165, 1.54) is 6.21 Å². The number of halogens is 1. The molecule has 0 aromatic heterocycles. The molecule has 8 nitrogen and oxygen atoms in total. The number of hydrogen-bond acceptors (Lipinski definition) is 6. The molecule has 0 saturated carbocycles. The molecule has 0 unspecified atom stereocenters. The minimum absolute atomic E-state index is 0.0113. The molecule has 0 bridgehead atoms. The quantitative estimate of drug-likeness (QED) is 0.222. The lowest BCUT2D eigenvalue weighted by atomic mass is 10.2. The first kappa shape index (κ1) is 26.2. The Bertz CT molecular complexity index is 948. The van der Waals surface area contributed by atoms with Crippen LogP contribution >= 0.6 is 15.9 Å². The van der Waals surface area contributed by atoms with Gasteiger partial charge in [0.05, 0.1) is 31.0 Å². The van der Waals surface area contributed by atoms with Crippen LogP contribution in [0.2, 0.25) is 0 Å². The molecule has 2 rings (SSSR count). The number of rotatable bonds is 13. The molecule has 0 aliphatic heterocycles. The highest BCUT2D eigenvalue weighted by molar-refractivity contribution is 9.10. The van der Waals surface area contributed by atoms with Crippen molar-refractivity contribution >= 4 is 39.6 Å². The van der Waals surface area contributed by atoms with E-state index in [9.17, 15) is 9.59 Å². The fourth-order valence-corrected chi connectivity index (χ4v) is 3.33. The largest absolute Gasteiger partial charge is 0.494 e. The standard InChI is InChI=1S/C24H30BrN3O5/c1-4-6-13-33-24-20(25)14-17(15-21(24)31-3)16-26-28-23(30)12-11-22(29)27-18-7-9-19(10-8-18)32-5-2/h7-10,14-16H,4-6,11-13H2,1-3H3,(H,27,29)(H,28,30). The van der Waals surface area contributed by atoms with E-state index in [0.717, 1.165) is 28.6 Å². The zero-order chi connectivity index (χ0) is 24.1. The highest BCUT2D eigenvalue weighted by Crippen LogP contribution is 2.36. The molecule has 2 amide bonds. The summed E-state index contributed by atoms with van der Waals surface area (Å²) in [6.45, 7) is 5.17. The van der Waals surface area contributed by atoms with Crippen molar-refractivity contribution in [2.24, 2.45) is 5.10 Å². The average molecular weight is 520 g/mol. The number of carbonyl (C=O) groups excluding carboxylic acids is 2. The first-order valence-corrected chi connectivity index (χ1v) is 11.6. The maximum Gasteiger partial charge on any atom is 0.240 e. The van der Waals surface area contributed by atoms with E-state index in [4.69, 9.17) is 14.2 Å². The zero-order valence-electron chi connectivity index (χ0n) is 19.2. The van der Waals surface area contributed by atoms with Crippen molar-refractivity contribution in [3.63, 3.8) is 0 Å².